The summed E-state index contributed by atoms with van der Waals surface area (Å²) < 4.78 is 0. The summed E-state index contributed by atoms with van der Waals surface area (Å²) >= 11 is 0. The van der Waals surface area contributed by atoms with Gasteiger partial charge in [0.05, 0.1) is 17.1 Å². The number of fused-ring (bicyclic) bond motifs is 1. The predicted molar refractivity (Wildman–Crippen MR) is 95.4 cm³/mol. The van der Waals surface area contributed by atoms with Gasteiger partial charge < -0.3 is 10.0 Å². The second-order valence-corrected chi connectivity index (χ2v) is 7.58. The highest BCUT2D eigenvalue weighted by Crippen LogP contribution is 2.36. The highest BCUT2D eigenvalue weighted by atomic mass is 16.3. The summed E-state index contributed by atoms with van der Waals surface area (Å²) in [5.41, 5.74) is 2.97. The Morgan fingerprint density at radius 3 is 2.84 bits per heavy atom. The molecular weight excluding hydrogens is 316 g/mol. The van der Waals surface area contributed by atoms with E-state index in [0.717, 1.165) is 61.8 Å². The Bertz CT molecular complexity index is 800. The first-order valence-electron chi connectivity index (χ1n) is 9.37. The molecule has 2 aliphatic rings. The largest absolute Gasteiger partial charge is 0.393 e. The fourth-order valence-corrected chi connectivity index (χ4v) is 4.70. The van der Waals surface area contributed by atoms with Gasteiger partial charge in [0, 0.05) is 29.9 Å². The number of carbonyl (C=O) groups excluding carboxylic acids is 1. The zero-order valence-corrected chi connectivity index (χ0v) is 15.0. The molecule has 2 N–H and O–H groups in total. The number of aliphatic hydroxyl groups excluding tert-OH is 1. The molecule has 2 fully saturated rings. The topological polar surface area (TPSA) is 82.1 Å². The fraction of sp³-hybridized carbons (Fsp3) is 0.632. The highest BCUT2D eigenvalue weighted by molar-refractivity contribution is 6.06. The van der Waals surface area contributed by atoms with E-state index in [9.17, 15) is 9.90 Å². The van der Waals surface area contributed by atoms with Crippen LogP contribution in [0.15, 0.2) is 6.07 Å². The average molecular weight is 342 g/mol. The Balaban J connectivity index is 1.69. The number of pyridine rings is 1. The SMILES string of the molecule is Cc1cc(C(=O)N2CCC[C@@H]2[C@H]2CCCC[C@H]2O)c2c(C)[nH]nc2n1. The van der Waals surface area contributed by atoms with Crippen molar-refractivity contribution in [3.63, 3.8) is 0 Å². The van der Waals surface area contributed by atoms with E-state index >= 15 is 0 Å². The molecule has 0 radical (unpaired) electrons. The molecule has 1 saturated heterocycles. The zero-order valence-electron chi connectivity index (χ0n) is 15.0. The van der Waals surface area contributed by atoms with Crippen LogP contribution in [-0.2, 0) is 0 Å². The van der Waals surface area contributed by atoms with Gasteiger partial charge in [0.25, 0.3) is 5.91 Å². The van der Waals surface area contributed by atoms with Gasteiger partial charge in [-0.25, -0.2) is 4.98 Å². The van der Waals surface area contributed by atoms with Crippen LogP contribution < -0.4 is 0 Å². The lowest BCUT2D eigenvalue weighted by molar-refractivity contribution is 0.0212. The number of aromatic nitrogens is 3. The molecule has 3 atom stereocenters. The summed E-state index contributed by atoms with van der Waals surface area (Å²) in [6, 6.07) is 2.03. The maximum Gasteiger partial charge on any atom is 0.254 e. The quantitative estimate of drug-likeness (QED) is 0.879. The number of nitrogens with zero attached hydrogens (tertiary/aromatic N) is 3. The van der Waals surface area contributed by atoms with Crippen molar-refractivity contribution in [2.45, 2.75) is 64.5 Å². The summed E-state index contributed by atoms with van der Waals surface area (Å²) in [5, 5.41) is 18.5. The van der Waals surface area contributed by atoms with Crippen LogP contribution in [-0.4, -0.2) is 49.8 Å². The first-order valence-corrected chi connectivity index (χ1v) is 9.37. The summed E-state index contributed by atoms with van der Waals surface area (Å²) in [4.78, 5) is 19.8. The molecular formula is C19H26N4O2. The predicted octanol–water partition coefficient (Wildman–Crippen LogP) is 2.73. The maximum atomic E-state index is 13.4. The first-order chi connectivity index (χ1) is 12.1. The van der Waals surface area contributed by atoms with Gasteiger partial charge in [-0.1, -0.05) is 12.8 Å². The molecule has 6 nitrogen and oxygen atoms in total. The van der Waals surface area contributed by atoms with Crippen molar-refractivity contribution in [1.82, 2.24) is 20.1 Å². The summed E-state index contributed by atoms with van der Waals surface area (Å²) in [6.45, 7) is 4.59. The van der Waals surface area contributed by atoms with Gasteiger partial charge in [-0.15, -0.1) is 0 Å². The number of rotatable bonds is 2. The molecule has 25 heavy (non-hydrogen) atoms. The normalized spacial score (nSPS) is 27.2. The number of amides is 1. The van der Waals surface area contributed by atoms with Crippen molar-refractivity contribution in [3.8, 4) is 0 Å². The van der Waals surface area contributed by atoms with Gasteiger partial charge in [-0.3, -0.25) is 9.89 Å². The minimum atomic E-state index is -0.276. The van der Waals surface area contributed by atoms with Crippen molar-refractivity contribution in [2.24, 2.45) is 5.92 Å². The second-order valence-electron chi connectivity index (χ2n) is 7.58. The number of aromatic amines is 1. The van der Waals surface area contributed by atoms with Crippen molar-refractivity contribution < 1.29 is 9.90 Å². The standard InChI is InChI=1S/C19H26N4O2/c1-11-10-14(17-12(2)21-22-18(17)20-11)19(25)23-9-5-7-15(23)13-6-3-4-8-16(13)24/h10,13,15-16,24H,3-9H2,1-2H3,(H,20,21,22)/t13-,15-,16-/m1/s1. The van der Waals surface area contributed by atoms with Gasteiger partial charge in [0.1, 0.15) is 0 Å². The lowest BCUT2D eigenvalue weighted by Gasteiger charge is -2.37. The number of carbonyl (C=O) groups is 1. The Morgan fingerprint density at radius 1 is 1.24 bits per heavy atom. The number of aliphatic hydroxyl groups is 1. The number of hydrogen-bond acceptors (Lipinski definition) is 4. The molecule has 1 aliphatic heterocycles. The molecule has 1 aliphatic carbocycles. The Labute approximate surface area is 147 Å². The Hall–Kier alpha value is -1.95. The molecule has 1 amide bonds. The summed E-state index contributed by atoms with van der Waals surface area (Å²) in [6.07, 6.45) is 5.86. The van der Waals surface area contributed by atoms with Crippen LogP contribution in [0.3, 0.4) is 0 Å². The molecule has 0 unspecified atom stereocenters. The Kier molecular flexibility index (Phi) is 4.23. The van der Waals surface area contributed by atoms with E-state index in [2.05, 4.69) is 15.2 Å². The monoisotopic (exact) mass is 342 g/mol. The molecule has 2 aromatic rings. The van der Waals surface area contributed by atoms with Crippen molar-refractivity contribution in [3.05, 3.63) is 23.0 Å². The van der Waals surface area contributed by atoms with E-state index in [1.165, 1.54) is 0 Å². The number of aryl methyl sites for hydroxylation is 2. The maximum absolute atomic E-state index is 13.4. The molecule has 0 spiro atoms. The zero-order chi connectivity index (χ0) is 17.6. The van der Waals surface area contributed by atoms with E-state index in [-0.39, 0.29) is 24.0 Å². The minimum Gasteiger partial charge on any atom is -0.393 e. The average Bonchev–Trinajstić information content (AvgIpc) is 3.21. The van der Waals surface area contributed by atoms with Gasteiger partial charge >= 0.3 is 0 Å². The van der Waals surface area contributed by atoms with Crippen molar-refractivity contribution >= 4 is 16.9 Å². The number of hydrogen-bond donors (Lipinski definition) is 2. The lowest BCUT2D eigenvalue weighted by atomic mass is 9.80. The molecule has 2 aromatic heterocycles. The van der Waals surface area contributed by atoms with E-state index < -0.39 is 0 Å². The number of H-pyrrole nitrogens is 1. The third-order valence-electron chi connectivity index (χ3n) is 5.90. The van der Waals surface area contributed by atoms with Crippen LogP contribution in [0.25, 0.3) is 11.0 Å². The third kappa shape index (κ3) is 2.82. The Morgan fingerprint density at radius 2 is 2.04 bits per heavy atom. The van der Waals surface area contributed by atoms with Crippen LogP contribution in [0.5, 0.6) is 0 Å². The fourth-order valence-electron chi connectivity index (χ4n) is 4.70. The molecule has 134 valence electrons. The van der Waals surface area contributed by atoms with Crippen molar-refractivity contribution in [2.75, 3.05) is 6.54 Å². The van der Waals surface area contributed by atoms with Gasteiger partial charge in [0.2, 0.25) is 0 Å². The number of likely N-dealkylation sites (tertiary alicyclic amines) is 1. The highest BCUT2D eigenvalue weighted by Gasteiger charge is 2.39. The van der Waals surface area contributed by atoms with Crippen LogP contribution in [0, 0.1) is 19.8 Å². The second kappa shape index (κ2) is 6.41. The van der Waals surface area contributed by atoms with Crippen LogP contribution in [0.1, 0.15) is 60.3 Å². The van der Waals surface area contributed by atoms with Crippen LogP contribution in [0.4, 0.5) is 0 Å². The van der Waals surface area contributed by atoms with Gasteiger partial charge in [-0.05, 0) is 45.6 Å². The first kappa shape index (κ1) is 16.5. The molecule has 0 aromatic carbocycles. The summed E-state index contributed by atoms with van der Waals surface area (Å²) in [5.74, 6) is 0.268. The lowest BCUT2D eigenvalue weighted by Crippen LogP contribution is -2.45. The van der Waals surface area contributed by atoms with Crippen molar-refractivity contribution in [1.29, 1.82) is 0 Å². The van der Waals surface area contributed by atoms with E-state index in [4.69, 9.17) is 0 Å². The van der Waals surface area contributed by atoms with E-state index in [1.54, 1.807) is 0 Å². The van der Waals surface area contributed by atoms with Crippen LogP contribution in [0.2, 0.25) is 0 Å². The molecule has 3 heterocycles. The number of nitrogens with one attached hydrogen (secondary N) is 1. The molecule has 6 heteroatoms. The van der Waals surface area contributed by atoms with E-state index in [0.29, 0.717) is 11.2 Å². The molecule has 0 bridgehead atoms. The minimum absolute atomic E-state index is 0.0558. The molecule has 4 rings (SSSR count). The van der Waals surface area contributed by atoms with Gasteiger partial charge in [0.15, 0.2) is 5.65 Å². The third-order valence-corrected chi connectivity index (χ3v) is 5.90. The summed E-state index contributed by atoms with van der Waals surface area (Å²) in [7, 11) is 0. The smallest absolute Gasteiger partial charge is 0.254 e. The van der Waals surface area contributed by atoms with E-state index in [1.807, 2.05) is 24.8 Å². The van der Waals surface area contributed by atoms with Gasteiger partial charge in [-0.2, -0.15) is 5.10 Å². The van der Waals surface area contributed by atoms with Crippen LogP contribution >= 0.6 is 0 Å². The molecule has 1 saturated carbocycles.